The van der Waals surface area contributed by atoms with Crippen LogP contribution in [0.5, 0.6) is 0 Å². The summed E-state index contributed by atoms with van der Waals surface area (Å²) in [5.74, 6) is -0.726. The van der Waals surface area contributed by atoms with E-state index >= 15 is 0 Å². The van der Waals surface area contributed by atoms with E-state index in [1.165, 1.54) is 22.0 Å². The highest BCUT2D eigenvalue weighted by Crippen LogP contribution is 2.23. The normalized spacial score (nSPS) is 10.8. The summed E-state index contributed by atoms with van der Waals surface area (Å²) in [6.45, 7) is 6.91. The van der Waals surface area contributed by atoms with Gasteiger partial charge >= 0.3 is 5.97 Å². The number of rotatable bonds is 7. The van der Waals surface area contributed by atoms with Crippen molar-refractivity contribution in [3.05, 3.63) is 48.2 Å². The molecule has 0 unspecified atom stereocenters. The lowest BCUT2D eigenvalue weighted by atomic mass is 10.1. The summed E-state index contributed by atoms with van der Waals surface area (Å²) < 4.78 is 2.25. The Kier molecular flexibility index (Phi) is 4.61. The molecule has 0 aliphatic carbocycles. The summed E-state index contributed by atoms with van der Waals surface area (Å²) in [5.41, 5.74) is 3.64. The minimum atomic E-state index is -0.726. The van der Waals surface area contributed by atoms with Gasteiger partial charge in [0, 0.05) is 30.1 Å². The molecule has 0 aliphatic heterocycles. The number of aryl methyl sites for hydroxylation is 2. The fourth-order valence-corrected chi connectivity index (χ4v) is 2.45. The number of para-hydroxylation sites is 1. The third kappa shape index (κ3) is 3.50. The Bertz CT molecular complexity index is 625. The van der Waals surface area contributed by atoms with Gasteiger partial charge in [0.1, 0.15) is 0 Å². The fourth-order valence-electron chi connectivity index (χ4n) is 2.45. The number of aromatic nitrogens is 1. The van der Waals surface area contributed by atoms with Gasteiger partial charge in [0.2, 0.25) is 0 Å². The first-order valence-electron chi connectivity index (χ1n) is 7.01. The number of hydrogen-bond acceptors (Lipinski definition) is 1. The number of allylic oxidation sites excluding steroid dienone is 1. The van der Waals surface area contributed by atoms with Gasteiger partial charge in [0.25, 0.3) is 0 Å². The molecule has 0 spiro atoms. The van der Waals surface area contributed by atoms with Crippen molar-refractivity contribution in [2.75, 3.05) is 0 Å². The molecule has 0 amide bonds. The van der Waals surface area contributed by atoms with E-state index in [2.05, 4.69) is 29.5 Å². The first kappa shape index (κ1) is 14.4. The van der Waals surface area contributed by atoms with Crippen molar-refractivity contribution in [1.82, 2.24) is 4.57 Å². The number of carboxylic acids is 1. The smallest absolute Gasteiger partial charge is 0.303 e. The number of carboxylic acid groups (broad SMARTS) is 1. The molecule has 3 heteroatoms. The van der Waals surface area contributed by atoms with Gasteiger partial charge in [-0.1, -0.05) is 23.8 Å². The third-order valence-corrected chi connectivity index (χ3v) is 3.49. The predicted molar refractivity (Wildman–Crippen MR) is 81.9 cm³/mol. The van der Waals surface area contributed by atoms with Gasteiger partial charge in [-0.05, 0) is 37.8 Å². The number of nitrogens with zero attached hydrogens (tertiary/aromatic N) is 1. The van der Waals surface area contributed by atoms with E-state index in [0.29, 0.717) is 6.42 Å². The van der Waals surface area contributed by atoms with Crippen molar-refractivity contribution in [3.8, 4) is 0 Å². The summed E-state index contributed by atoms with van der Waals surface area (Å²) in [6, 6.07) is 8.31. The lowest BCUT2D eigenvalue weighted by Crippen LogP contribution is -1.97. The van der Waals surface area contributed by atoms with Gasteiger partial charge in [0.05, 0.1) is 0 Å². The topological polar surface area (TPSA) is 42.2 Å². The summed E-state index contributed by atoms with van der Waals surface area (Å²) in [6.07, 6.45) is 4.85. The van der Waals surface area contributed by atoms with Crippen LogP contribution in [0, 0.1) is 0 Å². The van der Waals surface area contributed by atoms with Crippen LogP contribution < -0.4 is 0 Å². The van der Waals surface area contributed by atoms with Crippen LogP contribution in [0.25, 0.3) is 10.9 Å². The Morgan fingerprint density at radius 2 is 2.05 bits per heavy atom. The van der Waals surface area contributed by atoms with Crippen LogP contribution in [0.3, 0.4) is 0 Å². The van der Waals surface area contributed by atoms with Gasteiger partial charge in [-0.2, -0.15) is 0 Å². The van der Waals surface area contributed by atoms with E-state index in [4.69, 9.17) is 5.11 Å². The molecule has 20 heavy (non-hydrogen) atoms. The number of hydrogen-bond donors (Lipinski definition) is 1. The Hall–Kier alpha value is -2.03. The van der Waals surface area contributed by atoms with Crippen LogP contribution in [-0.2, 0) is 17.8 Å². The second-order valence-corrected chi connectivity index (χ2v) is 5.32. The number of benzene rings is 1. The Morgan fingerprint density at radius 1 is 1.30 bits per heavy atom. The van der Waals surface area contributed by atoms with Crippen LogP contribution in [0.1, 0.15) is 31.7 Å². The zero-order valence-electron chi connectivity index (χ0n) is 11.9. The SMILES string of the molecule is C=C(C)CCn1cc(CCCC(=O)O)c2ccccc21. The lowest BCUT2D eigenvalue weighted by molar-refractivity contribution is -0.137. The second-order valence-electron chi connectivity index (χ2n) is 5.32. The molecule has 2 aromatic rings. The molecule has 1 N–H and O–H groups in total. The van der Waals surface area contributed by atoms with Gasteiger partial charge in [0.15, 0.2) is 0 Å². The molecule has 0 atom stereocenters. The van der Waals surface area contributed by atoms with E-state index in [1.54, 1.807) is 0 Å². The van der Waals surface area contributed by atoms with E-state index in [9.17, 15) is 4.79 Å². The van der Waals surface area contributed by atoms with Crippen LogP contribution in [0.15, 0.2) is 42.6 Å². The molecule has 0 saturated carbocycles. The molecule has 1 heterocycles. The molecule has 0 radical (unpaired) electrons. The van der Waals surface area contributed by atoms with Crippen LogP contribution in [0.2, 0.25) is 0 Å². The van der Waals surface area contributed by atoms with Gasteiger partial charge < -0.3 is 9.67 Å². The quantitative estimate of drug-likeness (QED) is 0.773. The monoisotopic (exact) mass is 271 g/mol. The molecule has 0 bridgehead atoms. The molecule has 2 rings (SSSR count). The molecular formula is C17H21NO2. The zero-order chi connectivity index (χ0) is 14.5. The Balaban J connectivity index is 2.21. The van der Waals surface area contributed by atoms with Crippen molar-refractivity contribution >= 4 is 16.9 Å². The second kappa shape index (κ2) is 6.42. The molecule has 0 aliphatic rings. The number of aliphatic carboxylic acids is 1. The van der Waals surface area contributed by atoms with Crippen LogP contribution in [0.4, 0.5) is 0 Å². The number of fused-ring (bicyclic) bond motifs is 1. The summed E-state index contributed by atoms with van der Waals surface area (Å²) in [5, 5.41) is 9.98. The van der Waals surface area contributed by atoms with Crippen LogP contribution >= 0.6 is 0 Å². The highest BCUT2D eigenvalue weighted by Gasteiger charge is 2.08. The fraction of sp³-hybridized carbons (Fsp3) is 0.353. The molecule has 0 saturated heterocycles. The number of carbonyl (C=O) groups is 1. The maximum absolute atomic E-state index is 10.6. The average molecular weight is 271 g/mol. The molecule has 1 aromatic heterocycles. The predicted octanol–water partition coefficient (Wildman–Crippen LogP) is 4.01. The minimum Gasteiger partial charge on any atom is -0.481 e. The van der Waals surface area contributed by atoms with Crippen molar-refractivity contribution in [3.63, 3.8) is 0 Å². The van der Waals surface area contributed by atoms with Crippen molar-refractivity contribution < 1.29 is 9.90 Å². The standard InChI is InChI=1S/C17H21NO2/c1-13(2)10-11-18-12-14(6-5-9-17(19)20)15-7-3-4-8-16(15)18/h3-4,7-8,12H,1,5-6,9-11H2,2H3,(H,19,20). The Morgan fingerprint density at radius 3 is 2.75 bits per heavy atom. The first-order valence-corrected chi connectivity index (χ1v) is 7.01. The van der Waals surface area contributed by atoms with E-state index < -0.39 is 5.97 Å². The molecule has 3 nitrogen and oxygen atoms in total. The van der Waals surface area contributed by atoms with Crippen molar-refractivity contribution in [2.45, 2.75) is 39.2 Å². The Labute approximate surface area is 119 Å². The average Bonchev–Trinajstić information content (AvgIpc) is 2.75. The highest BCUT2D eigenvalue weighted by atomic mass is 16.4. The lowest BCUT2D eigenvalue weighted by Gasteiger charge is -2.04. The summed E-state index contributed by atoms with van der Waals surface area (Å²) >= 11 is 0. The molecular weight excluding hydrogens is 250 g/mol. The first-order chi connectivity index (χ1) is 9.58. The summed E-state index contributed by atoms with van der Waals surface area (Å²) in [7, 11) is 0. The van der Waals surface area contributed by atoms with E-state index in [-0.39, 0.29) is 6.42 Å². The maximum Gasteiger partial charge on any atom is 0.303 e. The van der Waals surface area contributed by atoms with Gasteiger partial charge in [-0.25, -0.2) is 0 Å². The van der Waals surface area contributed by atoms with Crippen molar-refractivity contribution in [1.29, 1.82) is 0 Å². The third-order valence-electron chi connectivity index (χ3n) is 3.49. The molecule has 0 fully saturated rings. The maximum atomic E-state index is 10.6. The zero-order valence-corrected chi connectivity index (χ0v) is 11.9. The summed E-state index contributed by atoms with van der Waals surface area (Å²) in [4.78, 5) is 10.6. The molecule has 106 valence electrons. The molecule has 1 aromatic carbocycles. The largest absolute Gasteiger partial charge is 0.481 e. The van der Waals surface area contributed by atoms with E-state index in [0.717, 1.165) is 19.4 Å². The van der Waals surface area contributed by atoms with E-state index in [1.807, 2.05) is 19.1 Å². The minimum absolute atomic E-state index is 0.227. The van der Waals surface area contributed by atoms with Gasteiger partial charge in [-0.15, -0.1) is 6.58 Å². The highest BCUT2D eigenvalue weighted by molar-refractivity contribution is 5.84. The van der Waals surface area contributed by atoms with Gasteiger partial charge in [-0.3, -0.25) is 4.79 Å². The van der Waals surface area contributed by atoms with Crippen molar-refractivity contribution in [2.24, 2.45) is 0 Å². The van der Waals surface area contributed by atoms with Crippen LogP contribution in [-0.4, -0.2) is 15.6 Å².